The van der Waals surface area contributed by atoms with Gasteiger partial charge in [-0.05, 0) is 30.5 Å². The van der Waals surface area contributed by atoms with Gasteiger partial charge >= 0.3 is 12.1 Å². The molecule has 1 atom stereocenters. The molecule has 1 heterocycles. The van der Waals surface area contributed by atoms with E-state index in [0.717, 1.165) is 23.4 Å². The predicted octanol–water partition coefficient (Wildman–Crippen LogP) is 2.74. The number of anilines is 1. The van der Waals surface area contributed by atoms with Gasteiger partial charge in [0.25, 0.3) is 0 Å². The molecule has 0 radical (unpaired) electrons. The van der Waals surface area contributed by atoms with Crippen molar-refractivity contribution in [3.8, 4) is 0 Å². The summed E-state index contributed by atoms with van der Waals surface area (Å²) in [7, 11) is 3.11. The number of hydrogen-bond donors (Lipinski definition) is 1. The van der Waals surface area contributed by atoms with Crippen LogP contribution in [0, 0.1) is 0 Å². The molecule has 6 nitrogen and oxygen atoms in total. The van der Waals surface area contributed by atoms with Gasteiger partial charge in [0.1, 0.15) is 6.61 Å². The molecular weight excluding hydrogens is 296 g/mol. The molecule has 0 saturated carbocycles. The van der Waals surface area contributed by atoms with Crippen LogP contribution in [0.5, 0.6) is 0 Å². The van der Waals surface area contributed by atoms with E-state index >= 15 is 0 Å². The van der Waals surface area contributed by atoms with E-state index in [0.29, 0.717) is 19.4 Å². The van der Waals surface area contributed by atoms with Crippen LogP contribution in [0.25, 0.3) is 0 Å². The van der Waals surface area contributed by atoms with E-state index in [-0.39, 0.29) is 24.6 Å². The highest BCUT2D eigenvalue weighted by atomic mass is 16.6. The number of nitrogens with zero attached hydrogens (tertiary/aromatic N) is 1. The zero-order chi connectivity index (χ0) is 16.8. The maximum Gasteiger partial charge on any atom is 0.409 e. The molecule has 1 aromatic rings. The zero-order valence-electron chi connectivity index (χ0n) is 13.9. The Morgan fingerprint density at radius 3 is 2.87 bits per heavy atom. The van der Waals surface area contributed by atoms with Crippen LogP contribution in [0.1, 0.15) is 36.8 Å². The molecule has 0 spiro atoms. The second-order valence-electron chi connectivity index (χ2n) is 5.64. The fourth-order valence-electron chi connectivity index (χ4n) is 2.73. The number of fused-ring (bicyclic) bond motifs is 1. The summed E-state index contributed by atoms with van der Waals surface area (Å²) in [5.41, 5.74) is 3.18. The van der Waals surface area contributed by atoms with E-state index in [1.54, 1.807) is 7.05 Å². The fourth-order valence-corrected chi connectivity index (χ4v) is 2.73. The van der Waals surface area contributed by atoms with Crippen molar-refractivity contribution >= 4 is 17.7 Å². The second-order valence-corrected chi connectivity index (χ2v) is 5.64. The highest BCUT2D eigenvalue weighted by molar-refractivity contribution is 5.70. The number of rotatable bonds is 6. The SMILES string of the molecule is CCN(C)C(=O)OCc1cccc2c1C(CCC(=O)OC)CN2. The lowest BCUT2D eigenvalue weighted by atomic mass is 9.92. The van der Waals surface area contributed by atoms with Gasteiger partial charge in [-0.15, -0.1) is 0 Å². The molecule has 23 heavy (non-hydrogen) atoms. The summed E-state index contributed by atoms with van der Waals surface area (Å²) in [6.45, 7) is 3.53. The number of hydrogen-bond acceptors (Lipinski definition) is 5. The standard InChI is InChI=1S/C17H24N2O4/c1-4-19(2)17(21)23-11-13-6-5-7-14-16(13)12(10-18-14)8-9-15(20)22-3/h5-7,12,18H,4,8-11H2,1-3H3. The Bertz CT molecular complexity index is 574. The summed E-state index contributed by atoms with van der Waals surface area (Å²) >= 11 is 0. The molecule has 2 rings (SSSR count). The molecule has 1 unspecified atom stereocenters. The van der Waals surface area contributed by atoms with E-state index in [9.17, 15) is 9.59 Å². The smallest absolute Gasteiger partial charge is 0.409 e. The number of ether oxygens (including phenoxy) is 2. The Hall–Kier alpha value is -2.24. The predicted molar refractivity (Wildman–Crippen MR) is 87.4 cm³/mol. The highest BCUT2D eigenvalue weighted by Crippen LogP contribution is 2.37. The minimum atomic E-state index is -0.331. The van der Waals surface area contributed by atoms with Crippen LogP contribution < -0.4 is 5.32 Å². The van der Waals surface area contributed by atoms with E-state index in [1.807, 2.05) is 25.1 Å². The van der Waals surface area contributed by atoms with Crippen molar-refractivity contribution < 1.29 is 19.1 Å². The van der Waals surface area contributed by atoms with Crippen LogP contribution in [0.3, 0.4) is 0 Å². The Labute approximate surface area is 136 Å². The molecule has 0 aromatic heterocycles. The summed E-state index contributed by atoms with van der Waals surface area (Å²) in [6, 6.07) is 5.92. The third-order valence-electron chi connectivity index (χ3n) is 4.21. The highest BCUT2D eigenvalue weighted by Gasteiger charge is 2.26. The van der Waals surface area contributed by atoms with Gasteiger partial charge in [-0.25, -0.2) is 4.79 Å². The number of methoxy groups -OCH3 is 1. The maximum absolute atomic E-state index is 11.8. The normalized spacial score (nSPS) is 15.5. The van der Waals surface area contributed by atoms with Gasteiger partial charge in [-0.1, -0.05) is 12.1 Å². The van der Waals surface area contributed by atoms with Gasteiger partial charge in [0.05, 0.1) is 7.11 Å². The first-order valence-corrected chi connectivity index (χ1v) is 7.87. The van der Waals surface area contributed by atoms with Crippen molar-refractivity contribution in [2.45, 2.75) is 32.3 Å². The lowest BCUT2D eigenvalue weighted by Gasteiger charge is -2.17. The Kier molecular flexibility index (Phi) is 5.84. The van der Waals surface area contributed by atoms with E-state index in [1.165, 1.54) is 12.0 Å². The summed E-state index contributed by atoms with van der Waals surface area (Å²) in [6.07, 6.45) is 0.767. The number of carbonyl (C=O) groups is 2. The lowest BCUT2D eigenvalue weighted by Crippen LogP contribution is -2.27. The van der Waals surface area contributed by atoms with Crippen molar-refractivity contribution in [3.63, 3.8) is 0 Å². The monoisotopic (exact) mass is 320 g/mol. The third kappa shape index (κ3) is 4.15. The van der Waals surface area contributed by atoms with Gasteiger partial charge in [0.2, 0.25) is 0 Å². The molecule has 0 aliphatic carbocycles. The molecule has 1 N–H and O–H groups in total. The summed E-state index contributed by atoms with van der Waals surface area (Å²) in [5.74, 6) is 0.0230. The molecule has 126 valence electrons. The molecule has 1 aliphatic rings. The van der Waals surface area contributed by atoms with Gasteiger partial charge in [0.15, 0.2) is 0 Å². The van der Waals surface area contributed by atoms with Crippen molar-refractivity contribution in [2.24, 2.45) is 0 Å². The third-order valence-corrected chi connectivity index (χ3v) is 4.21. The van der Waals surface area contributed by atoms with Crippen molar-refractivity contribution in [1.82, 2.24) is 4.90 Å². The summed E-state index contributed by atoms with van der Waals surface area (Å²) in [5, 5.41) is 3.35. The number of esters is 1. The van der Waals surface area contributed by atoms with Gasteiger partial charge in [-0.2, -0.15) is 0 Å². The average Bonchev–Trinajstić information content (AvgIpc) is 3.00. The summed E-state index contributed by atoms with van der Waals surface area (Å²) in [4.78, 5) is 24.7. The van der Waals surface area contributed by atoms with Crippen LogP contribution in [0.15, 0.2) is 18.2 Å². The first kappa shape index (κ1) is 17.1. The molecule has 0 fully saturated rings. The van der Waals surface area contributed by atoms with Crippen molar-refractivity contribution in [1.29, 1.82) is 0 Å². The molecule has 1 aliphatic heterocycles. The van der Waals surface area contributed by atoms with Gasteiger partial charge in [-0.3, -0.25) is 4.79 Å². The van der Waals surface area contributed by atoms with E-state index in [2.05, 4.69) is 5.32 Å². The number of carbonyl (C=O) groups excluding carboxylic acids is 2. The zero-order valence-corrected chi connectivity index (χ0v) is 13.9. The molecular formula is C17H24N2O4. The molecule has 6 heteroatoms. The van der Waals surface area contributed by atoms with Crippen molar-refractivity contribution in [2.75, 3.05) is 32.6 Å². The van der Waals surface area contributed by atoms with E-state index < -0.39 is 0 Å². The topological polar surface area (TPSA) is 67.9 Å². The Morgan fingerprint density at radius 2 is 2.17 bits per heavy atom. The quantitative estimate of drug-likeness (QED) is 0.816. The second kappa shape index (κ2) is 7.85. The largest absolute Gasteiger partial charge is 0.469 e. The first-order chi connectivity index (χ1) is 11.1. The average molecular weight is 320 g/mol. The molecule has 1 aromatic carbocycles. The summed E-state index contributed by atoms with van der Waals surface area (Å²) < 4.78 is 10.1. The van der Waals surface area contributed by atoms with Crippen LogP contribution in [0.4, 0.5) is 10.5 Å². The van der Waals surface area contributed by atoms with Crippen LogP contribution >= 0.6 is 0 Å². The van der Waals surface area contributed by atoms with Crippen molar-refractivity contribution in [3.05, 3.63) is 29.3 Å². The van der Waals surface area contributed by atoms with E-state index in [4.69, 9.17) is 9.47 Å². The molecule has 1 amide bonds. The Balaban J connectivity index is 2.06. The molecule has 0 bridgehead atoms. The lowest BCUT2D eigenvalue weighted by molar-refractivity contribution is -0.140. The fraction of sp³-hybridized carbons (Fsp3) is 0.529. The van der Waals surface area contributed by atoms with Crippen LogP contribution in [-0.2, 0) is 20.9 Å². The first-order valence-electron chi connectivity index (χ1n) is 7.87. The number of benzene rings is 1. The Morgan fingerprint density at radius 1 is 1.39 bits per heavy atom. The molecule has 0 saturated heterocycles. The van der Waals surface area contributed by atoms with Crippen LogP contribution in [0.2, 0.25) is 0 Å². The van der Waals surface area contributed by atoms with Gasteiger partial charge in [0, 0.05) is 38.2 Å². The van der Waals surface area contributed by atoms with Crippen LogP contribution in [-0.4, -0.2) is 44.2 Å². The number of nitrogens with one attached hydrogen (secondary N) is 1. The number of amides is 1. The van der Waals surface area contributed by atoms with Gasteiger partial charge < -0.3 is 19.7 Å². The maximum atomic E-state index is 11.8. The minimum absolute atomic E-state index is 0.202. The minimum Gasteiger partial charge on any atom is -0.469 e.